The van der Waals surface area contributed by atoms with Gasteiger partial charge in [0.2, 0.25) is 5.69 Å². The van der Waals surface area contributed by atoms with Crippen LogP contribution in [0.1, 0.15) is 5.69 Å². The van der Waals surface area contributed by atoms with Crippen LogP contribution in [0.15, 0.2) is 49.1 Å². The molecular weight excluding hydrogens is 256 g/mol. The second-order valence-corrected chi connectivity index (χ2v) is 3.77. The summed E-state index contributed by atoms with van der Waals surface area (Å²) in [6.45, 7) is 0. The lowest BCUT2D eigenvalue weighted by Gasteiger charge is -2.07. The zero-order valence-electron chi connectivity index (χ0n) is 10.2. The number of aromatic nitrogens is 5. The van der Waals surface area contributed by atoms with Gasteiger partial charge in [-0.3, -0.25) is 0 Å². The smallest absolute Gasteiger partial charge is 0.256 e. The van der Waals surface area contributed by atoms with Gasteiger partial charge >= 0.3 is 0 Å². The van der Waals surface area contributed by atoms with Crippen molar-refractivity contribution >= 4 is 0 Å². The summed E-state index contributed by atoms with van der Waals surface area (Å²) >= 11 is 0. The van der Waals surface area contributed by atoms with Crippen molar-refractivity contribution in [1.82, 2.24) is 25.0 Å². The molecule has 7 nitrogen and oxygen atoms in total. The molecule has 0 saturated heterocycles. The van der Waals surface area contributed by atoms with Gasteiger partial charge in [-0.15, -0.1) is 5.10 Å². The summed E-state index contributed by atoms with van der Waals surface area (Å²) in [6.07, 6.45) is 6.22. The van der Waals surface area contributed by atoms with E-state index in [-0.39, 0.29) is 11.6 Å². The quantitative estimate of drug-likeness (QED) is 0.715. The zero-order valence-corrected chi connectivity index (χ0v) is 10.2. The lowest BCUT2D eigenvalue weighted by atomic mass is 10.3. The van der Waals surface area contributed by atoms with Crippen LogP contribution in [0, 0.1) is 11.3 Å². The highest BCUT2D eigenvalue weighted by Gasteiger charge is 2.07. The molecule has 1 aromatic carbocycles. The molecule has 20 heavy (non-hydrogen) atoms. The monoisotopic (exact) mass is 264 g/mol. The fourth-order valence-corrected chi connectivity index (χ4v) is 1.62. The molecule has 0 radical (unpaired) electrons. The summed E-state index contributed by atoms with van der Waals surface area (Å²) in [6, 6.07) is 9.14. The average molecular weight is 264 g/mol. The van der Waals surface area contributed by atoms with Crippen molar-refractivity contribution in [3.8, 4) is 23.4 Å². The molecule has 0 aliphatic rings. The molecule has 0 N–H and O–H groups in total. The van der Waals surface area contributed by atoms with Gasteiger partial charge in [-0.05, 0) is 12.1 Å². The maximum atomic E-state index is 8.95. The van der Waals surface area contributed by atoms with E-state index in [9.17, 15) is 0 Å². The van der Waals surface area contributed by atoms with E-state index in [4.69, 9.17) is 10.00 Å². The van der Waals surface area contributed by atoms with E-state index in [0.29, 0.717) is 5.75 Å². The molecule has 0 atom stereocenters. The summed E-state index contributed by atoms with van der Waals surface area (Å²) in [5.74, 6) is 0.709. The van der Waals surface area contributed by atoms with Gasteiger partial charge in [0, 0.05) is 18.5 Å². The zero-order chi connectivity index (χ0) is 13.8. The van der Waals surface area contributed by atoms with E-state index in [0.717, 1.165) is 5.69 Å². The van der Waals surface area contributed by atoms with Gasteiger partial charge in [-0.25, -0.2) is 14.6 Å². The van der Waals surface area contributed by atoms with Gasteiger partial charge in [0.05, 0.1) is 18.1 Å². The van der Waals surface area contributed by atoms with Crippen molar-refractivity contribution in [2.75, 3.05) is 0 Å². The fraction of sp³-hybridized carbons (Fsp3) is 0. The van der Waals surface area contributed by atoms with Crippen LogP contribution >= 0.6 is 0 Å². The van der Waals surface area contributed by atoms with Gasteiger partial charge in [0.1, 0.15) is 11.8 Å². The van der Waals surface area contributed by atoms with E-state index < -0.39 is 0 Å². The van der Waals surface area contributed by atoms with Gasteiger partial charge in [-0.1, -0.05) is 11.3 Å². The number of benzene rings is 1. The van der Waals surface area contributed by atoms with Gasteiger partial charge < -0.3 is 4.74 Å². The molecule has 0 amide bonds. The van der Waals surface area contributed by atoms with Crippen LogP contribution in [0.2, 0.25) is 0 Å². The molecule has 0 saturated carbocycles. The standard InChI is InChI=1S/C13H8N6O/c14-9-12-13(16-5-4-15-12)20-11-3-1-2-10(8-11)19-7-6-17-18-19/h1-8H. The lowest BCUT2D eigenvalue weighted by Crippen LogP contribution is -1.97. The number of nitriles is 1. The minimum Gasteiger partial charge on any atom is -0.436 e. The minimum atomic E-state index is 0.138. The van der Waals surface area contributed by atoms with Crippen LogP contribution in [0.3, 0.4) is 0 Å². The Bertz CT molecular complexity index is 763. The number of ether oxygens (including phenoxy) is 1. The minimum absolute atomic E-state index is 0.138. The second kappa shape index (κ2) is 5.16. The molecule has 0 aliphatic heterocycles. The van der Waals surface area contributed by atoms with Crippen molar-refractivity contribution < 1.29 is 4.74 Å². The summed E-state index contributed by atoms with van der Waals surface area (Å²) in [7, 11) is 0. The molecule has 3 aromatic rings. The van der Waals surface area contributed by atoms with Crippen molar-refractivity contribution in [3.63, 3.8) is 0 Å². The number of rotatable bonds is 3. The molecule has 7 heteroatoms. The highest BCUT2D eigenvalue weighted by Crippen LogP contribution is 2.23. The summed E-state index contributed by atoms with van der Waals surface area (Å²) in [4.78, 5) is 7.88. The Morgan fingerprint density at radius 2 is 2.05 bits per heavy atom. The van der Waals surface area contributed by atoms with Crippen LogP contribution in [0.25, 0.3) is 5.69 Å². The van der Waals surface area contributed by atoms with Crippen LogP contribution < -0.4 is 4.74 Å². The van der Waals surface area contributed by atoms with E-state index in [1.807, 2.05) is 18.2 Å². The van der Waals surface area contributed by atoms with Gasteiger partial charge in [-0.2, -0.15) is 5.26 Å². The van der Waals surface area contributed by atoms with E-state index in [1.54, 1.807) is 29.2 Å². The normalized spacial score (nSPS) is 9.95. The average Bonchev–Trinajstić information content (AvgIpc) is 3.02. The molecule has 0 fully saturated rings. The number of nitrogens with zero attached hydrogens (tertiary/aromatic N) is 6. The maximum absolute atomic E-state index is 8.95. The first-order valence-corrected chi connectivity index (χ1v) is 5.72. The predicted octanol–water partition coefficient (Wildman–Crippen LogP) is 1.72. The first-order valence-electron chi connectivity index (χ1n) is 5.72. The Labute approximate surface area is 114 Å². The third kappa shape index (κ3) is 2.30. The Kier molecular flexibility index (Phi) is 3.04. The van der Waals surface area contributed by atoms with Crippen molar-refractivity contribution in [2.24, 2.45) is 0 Å². The summed E-state index contributed by atoms with van der Waals surface area (Å²) < 4.78 is 7.19. The molecule has 0 unspecified atom stereocenters. The molecule has 0 bridgehead atoms. The Morgan fingerprint density at radius 1 is 1.15 bits per heavy atom. The van der Waals surface area contributed by atoms with Crippen molar-refractivity contribution in [1.29, 1.82) is 5.26 Å². The van der Waals surface area contributed by atoms with Crippen molar-refractivity contribution in [2.45, 2.75) is 0 Å². The Balaban J connectivity index is 1.92. The number of hydrogen-bond donors (Lipinski definition) is 0. The van der Waals surface area contributed by atoms with Gasteiger partial charge in [0.25, 0.3) is 5.88 Å². The molecule has 0 spiro atoms. The molecule has 3 rings (SSSR count). The third-order valence-corrected chi connectivity index (χ3v) is 2.49. The fourth-order valence-electron chi connectivity index (χ4n) is 1.62. The summed E-state index contributed by atoms with van der Waals surface area (Å²) in [5.41, 5.74) is 0.932. The first kappa shape index (κ1) is 11.8. The highest BCUT2D eigenvalue weighted by molar-refractivity contribution is 5.41. The Hall–Kier alpha value is -3.27. The topological polar surface area (TPSA) is 89.5 Å². The highest BCUT2D eigenvalue weighted by atomic mass is 16.5. The van der Waals surface area contributed by atoms with Crippen LogP contribution in [-0.2, 0) is 0 Å². The maximum Gasteiger partial charge on any atom is 0.256 e. The molecule has 2 heterocycles. The van der Waals surface area contributed by atoms with E-state index in [1.165, 1.54) is 12.4 Å². The van der Waals surface area contributed by atoms with E-state index in [2.05, 4.69) is 20.3 Å². The first-order chi connectivity index (χ1) is 9.86. The second-order valence-electron chi connectivity index (χ2n) is 3.77. The predicted molar refractivity (Wildman–Crippen MR) is 68.2 cm³/mol. The van der Waals surface area contributed by atoms with Gasteiger partial charge in [0.15, 0.2) is 0 Å². The molecule has 2 aromatic heterocycles. The van der Waals surface area contributed by atoms with Crippen molar-refractivity contribution in [3.05, 3.63) is 54.7 Å². The van der Waals surface area contributed by atoms with Crippen LogP contribution in [0.5, 0.6) is 11.6 Å². The third-order valence-electron chi connectivity index (χ3n) is 2.49. The van der Waals surface area contributed by atoms with Crippen LogP contribution in [-0.4, -0.2) is 25.0 Å². The Morgan fingerprint density at radius 3 is 2.85 bits per heavy atom. The van der Waals surface area contributed by atoms with E-state index >= 15 is 0 Å². The largest absolute Gasteiger partial charge is 0.436 e. The SMILES string of the molecule is N#Cc1nccnc1Oc1cccc(-n2ccnn2)c1. The molecule has 0 aliphatic carbocycles. The molecule has 96 valence electrons. The molecular formula is C13H8N6O. The lowest BCUT2D eigenvalue weighted by molar-refractivity contribution is 0.457. The number of hydrogen-bond acceptors (Lipinski definition) is 6. The van der Waals surface area contributed by atoms with Crippen LogP contribution in [0.4, 0.5) is 0 Å². The summed E-state index contributed by atoms with van der Waals surface area (Å²) in [5, 5.41) is 16.6.